The predicted octanol–water partition coefficient (Wildman–Crippen LogP) is 8.93. The number of para-hydroxylation sites is 1. The molecule has 2 aliphatic carbocycles. The van der Waals surface area contributed by atoms with Gasteiger partial charge in [-0.2, -0.15) is 0 Å². The maximum Gasteiger partial charge on any atom is 0.340 e. The van der Waals surface area contributed by atoms with E-state index in [1.165, 1.54) is 5.56 Å². The minimum atomic E-state index is -2.84. The van der Waals surface area contributed by atoms with Crippen LogP contribution in [-0.4, -0.2) is 33.2 Å². The Morgan fingerprint density at radius 2 is 1.77 bits per heavy atom. The standard InChI is InChI=1S/C35H35F2N3O3/c1-3-42-35(41)31-26-8-6-16-38-34(26)40(32(31)33(36)37)20(2)21-10-12-22(13-11-21)27-18-25(43-24-14-15-24)19-30-28(27)17-23-7-4-5-9-29(23)39-30/h4-9,16-22,24,33H,3,10-15H2,1-2H3/t20-,21?,22?/m1/s1. The van der Waals surface area contributed by atoms with Gasteiger partial charge in [-0.3, -0.25) is 0 Å². The van der Waals surface area contributed by atoms with Crippen LogP contribution < -0.4 is 4.74 Å². The van der Waals surface area contributed by atoms with Crippen LogP contribution in [0.3, 0.4) is 0 Å². The molecule has 2 aliphatic rings. The highest BCUT2D eigenvalue weighted by atomic mass is 19.3. The predicted molar refractivity (Wildman–Crippen MR) is 163 cm³/mol. The van der Waals surface area contributed by atoms with E-state index in [2.05, 4.69) is 29.2 Å². The van der Waals surface area contributed by atoms with Crippen molar-refractivity contribution in [3.8, 4) is 5.75 Å². The number of alkyl halides is 2. The average molecular weight is 584 g/mol. The number of fused-ring (bicyclic) bond motifs is 3. The summed E-state index contributed by atoms with van der Waals surface area (Å²) in [6.45, 7) is 3.77. The van der Waals surface area contributed by atoms with Gasteiger partial charge in [0, 0.05) is 34.5 Å². The molecule has 2 fully saturated rings. The molecule has 2 saturated carbocycles. The molecule has 0 radical (unpaired) electrons. The van der Waals surface area contributed by atoms with Gasteiger partial charge in [0.05, 0.1) is 29.3 Å². The minimum absolute atomic E-state index is 0.0702. The second-order valence-electron chi connectivity index (χ2n) is 12.0. The largest absolute Gasteiger partial charge is 0.490 e. The van der Waals surface area contributed by atoms with Gasteiger partial charge in [0.15, 0.2) is 0 Å². The Hall–Kier alpha value is -4.07. The van der Waals surface area contributed by atoms with E-state index in [4.69, 9.17) is 14.5 Å². The molecule has 5 aromatic rings. The van der Waals surface area contributed by atoms with E-state index in [1.807, 2.05) is 25.1 Å². The fourth-order valence-electron chi connectivity index (χ4n) is 6.99. The molecule has 7 rings (SSSR count). The SMILES string of the molecule is CCOC(=O)c1c(C(F)F)n([C@H](C)C2CCC(c3cc(OC4CC4)cc4nc5ccccc5cc34)CC2)c2ncccc12. The quantitative estimate of drug-likeness (QED) is 0.135. The fourth-order valence-corrected chi connectivity index (χ4v) is 6.99. The number of hydrogen-bond donors (Lipinski definition) is 0. The maximum absolute atomic E-state index is 14.7. The lowest BCUT2D eigenvalue weighted by molar-refractivity contribution is 0.0514. The Morgan fingerprint density at radius 3 is 2.51 bits per heavy atom. The van der Waals surface area contributed by atoms with Crippen molar-refractivity contribution in [2.75, 3.05) is 6.61 Å². The van der Waals surface area contributed by atoms with E-state index >= 15 is 0 Å². The van der Waals surface area contributed by atoms with Gasteiger partial charge in [0.25, 0.3) is 6.43 Å². The first-order valence-electron chi connectivity index (χ1n) is 15.4. The van der Waals surface area contributed by atoms with Gasteiger partial charge in [-0.05, 0) is 100 Å². The molecule has 0 spiro atoms. The lowest BCUT2D eigenvalue weighted by atomic mass is 9.75. The monoisotopic (exact) mass is 583 g/mol. The highest BCUT2D eigenvalue weighted by Crippen LogP contribution is 2.46. The lowest BCUT2D eigenvalue weighted by Gasteiger charge is -2.34. The molecule has 0 N–H and O–H groups in total. The summed E-state index contributed by atoms with van der Waals surface area (Å²) in [7, 11) is 0. The lowest BCUT2D eigenvalue weighted by Crippen LogP contribution is -2.24. The molecule has 1 atom stereocenters. The zero-order valence-corrected chi connectivity index (χ0v) is 24.4. The molecule has 0 saturated heterocycles. The molecular formula is C35H35F2N3O3. The summed E-state index contributed by atoms with van der Waals surface area (Å²) < 4.78 is 42.4. The van der Waals surface area contributed by atoms with Crippen LogP contribution in [0, 0.1) is 5.92 Å². The Kier molecular flexibility index (Phi) is 7.23. The number of nitrogens with zero attached hydrogens (tertiary/aromatic N) is 3. The summed E-state index contributed by atoms with van der Waals surface area (Å²) in [6.07, 6.45) is 4.79. The van der Waals surface area contributed by atoms with E-state index in [0.717, 1.165) is 66.1 Å². The van der Waals surface area contributed by atoms with E-state index in [0.29, 0.717) is 17.0 Å². The van der Waals surface area contributed by atoms with Gasteiger partial charge in [0.2, 0.25) is 0 Å². The summed E-state index contributed by atoms with van der Waals surface area (Å²) in [6, 6.07) is 17.8. The second-order valence-corrected chi connectivity index (χ2v) is 12.0. The van der Waals surface area contributed by atoms with Crippen molar-refractivity contribution in [2.45, 2.75) is 76.9 Å². The van der Waals surface area contributed by atoms with Crippen LogP contribution in [-0.2, 0) is 4.74 Å². The Bertz CT molecular complexity index is 1820. The first kappa shape index (κ1) is 27.7. The van der Waals surface area contributed by atoms with Crippen molar-refractivity contribution >= 4 is 38.8 Å². The number of carbonyl (C=O) groups excluding carboxylic acids is 1. The van der Waals surface area contributed by atoms with Crippen LogP contribution in [0.5, 0.6) is 5.75 Å². The normalized spacial score (nSPS) is 19.7. The number of hydrogen-bond acceptors (Lipinski definition) is 5. The maximum atomic E-state index is 14.7. The highest BCUT2D eigenvalue weighted by Gasteiger charge is 2.35. The van der Waals surface area contributed by atoms with Crippen molar-refractivity contribution in [3.05, 3.63) is 77.6 Å². The number of ether oxygens (including phenoxy) is 2. The third-order valence-electron chi connectivity index (χ3n) is 9.26. The number of rotatable bonds is 8. The summed E-state index contributed by atoms with van der Waals surface area (Å²) in [5, 5.41) is 2.67. The number of aromatic nitrogens is 3. The summed E-state index contributed by atoms with van der Waals surface area (Å²) in [5.41, 5.74) is 3.20. The number of halogens is 2. The molecule has 8 heteroatoms. The molecule has 0 aliphatic heterocycles. The Balaban J connectivity index is 1.21. The number of pyridine rings is 2. The molecule has 222 valence electrons. The van der Waals surface area contributed by atoms with Crippen LogP contribution in [0.1, 0.15) is 92.4 Å². The third-order valence-corrected chi connectivity index (χ3v) is 9.26. The number of carbonyl (C=O) groups is 1. The van der Waals surface area contributed by atoms with Crippen molar-refractivity contribution in [1.82, 2.24) is 14.5 Å². The minimum Gasteiger partial charge on any atom is -0.490 e. The molecule has 3 heterocycles. The summed E-state index contributed by atoms with van der Waals surface area (Å²) in [4.78, 5) is 22.3. The number of esters is 1. The van der Waals surface area contributed by atoms with Gasteiger partial charge in [-0.1, -0.05) is 18.2 Å². The summed E-state index contributed by atoms with van der Waals surface area (Å²) >= 11 is 0. The van der Waals surface area contributed by atoms with Crippen LogP contribution in [0.25, 0.3) is 32.8 Å². The van der Waals surface area contributed by atoms with E-state index in [-0.39, 0.29) is 35.9 Å². The first-order chi connectivity index (χ1) is 20.9. The van der Waals surface area contributed by atoms with Crippen molar-refractivity contribution < 1.29 is 23.0 Å². The summed E-state index contributed by atoms with van der Waals surface area (Å²) in [5.74, 6) is 0.603. The fraction of sp³-hybridized carbons (Fsp3) is 0.400. The van der Waals surface area contributed by atoms with E-state index < -0.39 is 12.4 Å². The van der Waals surface area contributed by atoms with Crippen LogP contribution in [0.2, 0.25) is 0 Å². The second kappa shape index (κ2) is 11.2. The zero-order valence-electron chi connectivity index (χ0n) is 24.4. The first-order valence-corrected chi connectivity index (χ1v) is 15.4. The van der Waals surface area contributed by atoms with Gasteiger partial charge in [-0.25, -0.2) is 23.5 Å². The van der Waals surface area contributed by atoms with Crippen molar-refractivity contribution in [3.63, 3.8) is 0 Å². The molecule has 0 bridgehead atoms. The van der Waals surface area contributed by atoms with Crippen molar-refractivity contribution in [2.24, 2.45) is 5.92 Å². The third kappa shape index (κ3) is 5.11. The van der Waals surface area contributed by atoms with Gasteiger partial charge >= 0.3 is 5.97 Å². The van der Waals surface area contributed by atoms with E-state index in [9.17, 15) is 13.6 Å². The molecule has 2 aromatic carbocycles. The number of benzene rings is 2. The van der Waals surface area contributed by atoms with E-state index in [1.54, 1.807) is 29.8 Å². The topological polar surface area (TPSA) is 66.2 Å². The molecular weight excluding hydrogens is 548 g/mol. The van der Waals surface area contributed by atoms with Gasteiger partial charge in [-0.15, -0.1) is 0 Å². The van der Waals surface area contributed by atoms with Crippen molar-refractivity contribution in [1.29, 1.82) is 0 Å². The van der Waals surface area contributed by atoms with Crippen LogP contribution in [0.4, 0.5) is 8.78 Å². The van der Waals surface area contributed by atoms with Crippen LogP contribution in [0.15, 0.2) is 60.8 Å². The smallest absolute Gasteiger partial charge is 0.340 e. The molecule has 0 amide bonds. The molecule has 0 unspecified atom stereocenters. The highest BCUT2D eigenvalue weighted by molar-refractivity contribution is 6.05. The van der Waals surface area contributed by atoms with Gasteiger partial charge in [0.1, 0.15) is 17.1 Å². The Morgan fingerprint density at radius 1 is 0.977 bits per heavy atom. The zero-order chi connectivity index (χ0) is 29.7. The van der Waals surface area contributed by atoms with Crippen LogP contribution >= 0.6 is 0 Å². The molecule has 43 heavy (non-hydrogen) atoms. The average Bonchev–Trinajstić information content (AvgIpc) is 3.76. The Labute approximate surface area is 249 Å². The molecule has 3 aromatic heterocycles. The molecule has 6 nitrogen and oxygen atoms in total. The van der Waals surface area contributed by atoms with Gasteiger partial charge < -0.3 is 14.0 Å².